The molecule has 1 amide bonds. The van der Waals surface area contributed by atoms with Crippen LogP contribution >= 0.6 is 0 Å². The third-order valence-corrected chi connectivity index (χ3v) is 4.18. The molecule has 4 rings (SSSR count). The lowest BCUT2D eigenvalue weighted by Crippen LogP contribution is -2.13. The number of nitrogens with zero attached hydrogens (tertiary/aromatic N) is 3. The summed E-state index contributed by atoms with van der Waals surface area (Å²) in [5.74, 6) is -0.329. The highest BCUT2D eigenvalue weighted by molar-refractivity contribution is 6.03. The average Bonchev–Trinajstić information content (AvgIpc) is 2.75. The van der Waals surface area contributed by atoms with Gasteiger partial charge in [0, 0.05) is 29.2 Å². The van der Waals surface area contributed by atoms with E-state index in [0.717, 1.165) is 22.3 Å². The van der Waals surface area contributed by atoms with Crippen LogP contribution < -0.4 is 10.6 Å². The molecule has 0 fully saturated rings. The molecule has 6 nitrogen and oxygen atoms in total. The third kappa shape index (κ3) is 3.64. The zero-order valence-corrected chi connectivity index (χ0v) is 14.8. The van der Waals surface area contributed by atoms with Crippen LogP contribution in [0.2, 0.25) is 0 Å². The minimum absolute atomic E-state index is 0.280. The zero-order valence-electron chi connectivity index (χ0n) is 14.8. The van der Waals surface area contributed by atoms with Crippen molar-refractivity contribution in [1.29, 1.82) is 5.26 Å². The zero-order chi connectivity index (χ0) is 19.3. The summed E-state index contributed by atoms with van der Waals surface area (Å²) in [5.41, 5.74) is 3.85. The largest absolute Gasteiger partial charge is 0.354 e. The molecule has 2 N–H and O–H groups in total. The number of anilines is 3. The summed E-state index contributed by atoms with van der Waals surface area (Å²) in [6.07, 6.45) is 3.32. The number of rotatable bonds is 4. The molecule has 0 aliphatic carbocycles. The van der Waals surface area contributed by atoms with Crippen molar-refractivity contribution in [2.45, 2.75) is 0 Å². The quantitative estimate of drug-likeness (QED) is 0.556. The van der Waals surface area contributed by atoms with E-state index in [0.29, 0.717) is 11.3 Å². The van der Waals surface area contributed by atoms with Crippen molar-refractivity contribution >= 4 is 33.9 Å². The maximum absolute atomic E-state index is 12.5. The highest BCUT2D eigenvalue weighted by Gasteiger charge is 2.10. The number of hydrogen-bond donors (Lipinski definition) is 2. The second-order valence-electron chi connectivity index (χ2n) is 6.08. The van der Waals surface area contributed by atoms with E-state index in [1.165, 1.54) is 0 Å². The molecule has 0 aliphatic heterocycles. The summed E-state index contributed by atoms with van der Waals surface area (Å²) >= 11 is 0. The Labute approximate surface area is 161 Å². The van der Waals surface area contributed by atoms with Crippen LogP contribution in [0.5, 0.6) is 0 Å². The molecule has 0 aliphatic rings. The van der Waals surface area contributed by atoms with Gasteiger partial charge in [0.15, 0.2) is 0 Å². The molecule has 2 aromatic carbocycles. The van der Waals surface area contributed by atoms with Crippen LogP contribution in [0.15, 0.2) is 79.1 Å². The first-order valence-corrected chi connectivity index (χ1v) is 8.61. The molecule has 0 atom stereocenters. The van der Waals surface area contributed by atoms with Crippen molar-refractivity contribution in [1.82, 2.24) is 9.97 Å². The van der Waals surface area contributed by atoms with Crippen LogP contribution in [0.1, 0.15) is 16.1 Å². The van der Waals surface area contributed by atoms with Gasteiger partial charge in [-0.2, -0.15) is 5.26 Å². The van der Waals surface area contributed by atoms with Gasteiger partial charge >= 0.3 is 0 Å². The van der Waals surface area contributed by atoms with Gasteiger partial charge in [0.05, 0.1) is 22.8 Å². The summed E-state index contributed by atoms with van der Waals surface area (Å²) in [4.78, 5) is 21.1. The molecular formula is C22H15N5O. The molecular weight excluding hydrogens is 350 g/mol. The Hall–Kier alpha value is -4.24. The van der Waals surface area contributed by atoms with E-state index >= 15 is 0 Å². The average molecular weight is 365 g/mol. The topological polar surface area (TPSA) is 90.7 Å². The van der Waals surface area contributed by atoms with Gasteiger partial charge in [-0.1, -0.05) is 18.2 Å². The molecule has 28 heavy (non-hydrogen) atoms. The Morgan fingerprint density at radius 1 is 0.893 bits per heavy atom. The number of nitrogens with one attached hydrogen (secondary N) is 2. The second kappa shape index (κ2) is 7.56. The summed E-state index contributed by atoms with van der Waals surface area (Å²) in [7, 11) is 0. The Kier molecular flexibility index (Phi) is 4.64. The lowest BCUT2D eigenvalue weighted by Gasteiger charge is -2.10. The maximum Gasteiger partial charge on any atom is 0.274 e. The normalized spacial score (nSPS) is 10.2. The van der Waals surface area contributed by atoms with Gasteiger partial charge in [0.2, 0.25) is 0 Å². The molecule has 2 heterocycles. The molecule has 0 radical (unpaired) electrons. The van der Waals surface area contributed by atoms with Crippen molar-refractivity contribution < 1.29 is 4.79 Å². The summed E-state index contributed by atoms with van der Waals surface area (Å²) in [6, 6.07) is 21.9. The summed E-state index contributed by atoms with van der Waals surface area (Å²) in [6.45, 7) is 0. The van der Waals surface area contributed by atoms with Crippen LogP contribution in [-0.2, 0) is 0 Å². The van der Waals surface area contributed by atoms with E-state index in [1.807, 2.05) is 36.4 Å². The number of para-hydroxylation sites is 1. The van der Waals surface area contributed by atoms with Crippen LogP contribution in [0.25, 0.3) is 10.9 Å². The van der Waals surface area contributed by atoms with Crippen LogP contribution in [0.3, 0.4) is 0 Å². The first-order chi connectivity index (χ1) is 13.7. The number of amides is 1. The number of carbonyl (C=O) groups excluding carboxylic acids is 1. The fourth-order valence-electron chi connectivity index (χ4n) is 2.82. The van der Waals surface area contributed by atoms with Gasteiger partial charge in [-0.3, -0.25) is 14.8 Å². The number of benzene rings is 2. The minimum Gasteiger partial charge on any atom is -0.354 e. The summed E-state index contributed by atoms with van der Waals surface area (Å²) in [5, 5.41) is 16.0. The number of carbonyl (C=O) groups is 1. The van der Waals surface area contributed by atoms with E-state index in [1.54, 1.807) is 48.8 Å². The van der Waals surface area contributed by atoms with Crippen molar-refractivity contribution in [3.8, 4) is 6.07 Å². The Bertz CT molecular complexity index is 1190. The number of aromatic nitrogens is 2. The number of pyridine rings is 2. The van der Waals surface area contributed by atoms with Gasteiger partial charge in [0.25, 0.3) is 5.91 Å². The van der Waals surface area contributed by atoms with Crippen molar-refractivity contribution in [2.24, 2.45) is 0 Å². The number of fused-ring (bicyclic) bond motifs is 1. The van der Waals surface area contributed by atoms with Crippen molar-refractivity contribution in [3.05, 3.63) is 90.4 Å². The minimum atomic E-state index is -0.329. The molecule has 0 unspecified atom stereocenters. The first kappa shape index (κ1) is 17.2. The van der Waals surface area contributed by atoms with Crippen LogP contribution in [0, 0.1) is 11.3 Å². The van der Waals surface area contributed by atoms with E-state index < -0.39 is 0 Å². The fourth-order valence-corrected chi connectivity index (χ4v) is 2.82. The molecule has 4 aromatic rings. The first-order valence-electron chi connectivity index (χ1n) is 8.61. The SMILES string of the molecule is N#Cc1ccc(NC(=O)c2cc(Nc3cccc4cccnc34)ccn2)cc1. The third-order valence-electron chi connectivity index (χ3n) is 4.18. The predicted molar refractivity (Wildman–Crippen MR) is 108 cm³/mol. The lowest BCUT2D eigenvalue weighted by molar-refractivity contribution is 0.102. The van der Waals surface area contributed by atoms with Gasteiger partial charge < -0.3 is 10.6 Å². The summed E-state index contributed by atoms with van der Waals surface area (Å²) < 4.78 is 0. The van der Waals surface area contributed by atoms with E-state index in [4.69, 9.17) is 5.26 Å². The molecule has 0 saturated carbocycles. The van der Waals surface area contributed by atoms with Crippen LogP contribution in [0.4, 0.5) is 17.1 Å². The highest BCUT2D eigenvalue weighted by Crippen LogP contribution is 2.24. The molecule has 134 valence electrons. The Balaban J connectivity index is 1.55. The predicted octanol–water partition coefficient (Wildman–Crippen LogP) is 4.50. The van der Waals surface area contributed by atoms with Gasteiger partial charge in [0.1, 0.15) is 5.69 Å². The van der Waals surface area contributed by atoms with E-state index in [9.17, 15) is 4.79 Å². The fraction of sp³-hybridized carbons (Fsp3) is 0. The molecule has 6 heteroatoms. The molecule has 2 aromatic heterocycles. The number of nitriles is 1. The standard InChI is InChI=1S/C22H15N5O/c23-14-15-6-8-17(9-7-15)27-22(28)20-13-18(10-12-24-20)26-19-5-1-3-16-4-2-11-25-21(16)19/h1-13H,(H,24,26)(H,27,28). The van der Waals surface area contributed by atoms with Crippen LogP contribution in [-0.4, -0.2) is 15.9 Å². The second-order valence-corrected chi connectivity index (χ2v) is 6.08. The number of hydrogen-bond acceptors (Lipinski definition) is 5. The van der Waals surface area contributed by atoms with E-state index in [2.05, 4.69) is 20.6 Å². The Morgan fingerprint density at radius 2 is 1.71 bits per heavy atom. The molecule has 0 saturated heterocycles. The molecule has 0 bridgehead atoms. The monoisotopic (exact) mass is 365 g/mol. The van der Waals surface area contributed by atoms with Gasteiger partial charge in [-0.15, -0.1) is 0 Å². The maximum atomic E-state index is 12.5. The van der Waals surface area contributed by atoms with E-state index in [-0.39, 0.29) is 11.6 Å². The van der Waals surface area contributed by atoms with Crippen molar-refractivity contribution in [2.75, 3.05) is 10.6 Å². The Morgan fingerprint density at radius 3 is 2.54 bits per heavy atom. The lowest BCUT2D eigenvalue weighted by atomic mass is 10.2. The smallest absolute Gasteiger partial charge is 0.274 e. The highest BCUT2D eigenvalue weighted by atomic mass is 16.1. The van der Waals surface area contributed by atoms with Gasteiger partial charge in [-0.25, -0.2) is 0 Å². The van der Waals surface area contributed by atoms with Crippen molar-refractivity contribution in [3.63, 3.8) is 0 Å². The van der Waals surface area contributed by atoms with Gasteiger partial charge in [-0.05, 0) is 48.5 Å². The molecule has 0 spiro atoms.